The summed E-state index contributed by atoms with van der Waals surface area (Å²) in [4.78, 5) is 23.3. The molecule has 0 aliphatic heterocycles. The number of hydrogen-bond acceptors (Lipinski definition) is 5. The molecule has 0 radical (unpaired) electrons. The highest BCUT2D eigenvalue weighted by atomic mass is 16.6. The van der Waals surface area contributed by atoms with Crippen molar-refractivity contribution in [1.29, 1.82) is 0 Å². The molecule has 0 bridgehead atoms. The smallest absolute Gasteiger partial charge is 0.271 e. The summed E-state index contributed by atoms with van der Waals surface area (Å²) in [6, 6.07) is 16.0. The fraction of sp³-hybridized carbons (Fsp3) is 0.179. The van der Waals surface area contributed by atoms with Crippen molar-refractivity contribution in [3.8, 4) is 16.9 Å². The number of aryl methyl sites for hydroxylation is 2. The molecule has 1 aromatic heterocycles. The zero-order chi connectivity index (χ0) is 25.1. The molecule has 0 fully saturated rings. The van der Waals surface area contributed by atoms with Gasteiger partial charge < -0.3 is 14.5 Å². The van der Waals surface area contributed by atoms with Crippen LogP contribution in [0.15, 0.2) is 71.4 Å². The topological polar surface area (TPSA) is 94.6 Å². The molecule has 0 aliphatic rings. The summed E-state index contributed by atoms with van der Waals surface area (Å²) in [5.74, 6) is 0.260. The van der Waals surface area contributed by atoms with Crippen molar-refractivity contribution in [2.45, 2.75) is 27.7 Å². The Balaban J connectivity index is 1.75. The Bertz CT molecular complexity index is 1450. The number of carbonyl (C=O) groups excluding carboxylic acids is 1. The first-order valence-electron chi connectivity index (χ1n) is 11.3. The number of allylic oxidation sites excluding steroid dienone is 1. The summed E-state index contributed by atoms with van der Waals surface area (Å²) < 4.78 is 11.9. The molecular formula is C28H26N2O5. The van der Waals surface area contributed by atoms with Crippen LogP contribution in [0.1, 0.15) is 30.5 Å². The van der Waals surface area contributed by atoms with E-state index in [0.29, 0.717) is 23.6 Å². The van der Waals surface area contributed by atoms with Crippen LogP contribution in [0, 0.1) is 24.0 Å². The highest BCUT2D eigenvalue weighted by Gasteiger charge is 2.19. The van der Waals surface area contributed by atoms with Crippen LogP contribution in [0.4, 0.5) is 11.4 Å². The molecule has 0 atom stereocenters. The van der Waals surface area contributed by atoms with Gasteiger partial charge in [0.2, 0.25) is 5.91 Å². The molecule has 35 heavy (non-hydrogen) atoms. The number of nitro groups is 1. The average Bonchev–Trinajstić information content (AvgIpc) is 3.25. The van der Waals surface area contributed by atoms with Crippen LogP contribution in [0.2, 0.25) is 0 Å². The van der Waals surface area contributed by atoms with E-state index >= 15 is 0 Å². The highest BCUT2D eigenvalue weighted by molar-refractivity contribution is 6.06. The number of anilines is 1. The number of nitrogens with one attached hydrogen (secondary N) is 1. The van der Waals surface area contributed by atoms with Gasteiger partial charge in [-0.15, -0.1) is 0 Å². The Morgan fingerprint density at radius 1 is 1.14 bits per heavy atom. The minimum Gasteiger partial charge on any atom is -0.493 e. The van der Waals surface area contributed by atoms with Crippen molar-refractivity contribution in [2.75, 3.05) is 11.9 Å². The molecule has 0 unspecified atom stereocenters. The second-order valence-corrected chi connectivity index (χ2v) is 8.33. The second-order valence-electron chi connectivity index (χ2n) is 8.33. The van der Waals surface area contributed by atoms with Crippen LogP contribution >= 0.6 is 0 Å². The van der Waals surface area contributed by atoms with Gasteiger partial charge in [0.05, 0.1) is 17.8 Å². The number of furan rings is 1. The maximum atomic E-state index is 12.7. The summed E-state index contributed by atoms with van der Waals surface area (Å²) in [7, 11) is 0. The van der Waals surface area contributed by atoms with Crippen LogP contribution in [0.3, 0.4) is 0 Å². The minimum atomic E-state index is -0.500. The van der Waals surface area contributed by atoms with Gasteiger partial charge in [0, 0.05) is 46.0 Å². The van der Waals surface area contributed by atoms with E-state index in [2.05, 4.69) is 29.6 Å². The number of non-ortho nitro benzene ring substituents is 1. The lowest BCUT2D eigenvalue weighted by atomic mass is 9.96. The Labute approximate surface area is 203 Å². The number of carbonyl (C=O) groups is 1. The molecule has 0 aliphatic carbocycles. The first-order valence-corrected chi connectivity index (χ1v) is 11.3. The zero-order valence-corrected chi connectivity index (χ0v) is 20.0. The van der Waals surface area contributed by atoms with Gasteiger partial charge in [0.25, 0.3) is 5.69 Å². The number of benzene rings is 3. The molecule has 4 rings (SSSR count). The van der Waals surface area contributed by atoms with E-state index in [1.54, 1.807) is 12.3 Å². The molecule has 178 valence electrons. The van der Waals surface area contributed by atoms with Crippen molar-refractivity contribution in [3.05, 3.63) is 93.7 Å². The number of nitrogens with zero attached hydrogens (tertiary/aromatic N) is 1. The first-order chi connectivity index (χ1) is 16.8. The molecule has 1 amide bonds. The Morgan fingerprint density at radius 2 is 1.89 bits per heavy atom. The number of nitro benzene ring substituents is 1. The molecule has 0 saturated carbocycles. The van der Waals surface area contributed by atoms with Crippen LogP contribution in [0.5, 0.6) is 5.75 Å². The van der Waals surface area contributed by atoms with Crippen LogP contribution in [-0.4, -0.2) is 17.4 Å². The molecule has 0 saturated heterocycles. The maximum Gasteiger partial charge on any atom is 0.271 e. The second kappa shape index (κ2) is 9.85. The lowest BCUT2D eigenvalue weighted by Gasteiger charge is -2.15. The lowest BCUT2D eigenvalue weighted by molar-refractivity contribution is -0.384. The molecule has 0 spiro atoms. The zero-order valence-electron chi connectivity index (χ0n) is 20.0. The largest absolute Gasteiger partial charge is 0.493 e. The Hall–Kier alpha value is -4.39. The normalized spacial score (nSPS) is 11.5. The predicted molar refractivity (Wildman–Crippen MR) is 138 cm³/mol. The minimum absolute atomic E-state index is 0.0909. The summed E-state index contributed by atoms with van der Waals surface area (Å²) in [5, 5.41) is 14.7. The lowest BCUT2D eigenvalue weighted by Crippen LogP contribution is -2.09. The van der Waals surface area contributed by atoms with E-state index in [0.717, 1.165) is 33.2 Å². The molecule has 7 nitrogen and oxygen atoms in total. The van der Waals surface area contributed by atoms with Crippen molar-refractivity contribution >= 4 is 33.8 Å². The third-order valence-corrected chi connectivity index (χ3v) is 5.79. The molecule has 1 N–H and O–H groups in total. The highest BCUT2D eigenvalue weighted by Crippen LogP contribution is 2.40. The van der Waals surface area contributed by atoms with E-state index in [1.165, 1.54) is 29.8 Å². The van der Waals surface area contributed by atoms with Gasteiger partial charge in [-0.3, -0.25) is 14.9 Å². The number of amides is 1. The standard InChI is InChI=1S/C28H26N2O5/c1-5-34-27-19(4)28-24(25(16-35-28)20-11-9-17(2)10-12-20)15-23(27)18(3)13-26(31)29-21-7-6-8-22(14-21)30(32)33/h6-16H,5H2,1-4H3,(H,29,31)/b18-13+. The predicted octanol–water partition coefficient (Wildman–Crippen LogP) is 7.07. The summed E-state index contributed by atoms with van der Waals surface area (Å²) >= 11 is 0. The number of rotatable bonds is 7. The summed E-state index contributed by atoms with van der Waals surface area (Å²) in [6.45, 7) is 8.18. The van der Waals surface area contributed by atoms with Gasteiger partial charge in [0.15, 0.2) is 0 Å². The third-order valence-electron chi connectivity index (χ3n) is 5.79. The van der Waals surface area contributed by atoms with Crippen molar-refractivity contribution < 1.29 is 18.9 Å². The van der Waals surface area contributed by atoms with E-state index < -0.39 is 10.8 Å². The number of ether oxygens (including phenoxy) is 1. The molecule has 3 aromatic carbocycles. The van der Waals surface area contributed by atoms with E-state index in [4.69, 9.17) is 9.15 Å². The fourth-order valence-electron chi connectivity index (χ4n) is 4.05. The van der Waals surface area contributed by atoms with E-state index in [-0.39, 0.29) is 5.69 Å². The SMILES string of the molecule is CCOc1c(/C(C)=C/C(=O)Nc2cccc([N+](=O)[O-])c2)cc2c(-c3ccc(C)cc3)coc2c1C. The van der Waals surface area contributed by atoms with Crippen molar-refractivity contribution in [2.24, 2.45) is 0 Å². The average molecular weight is 471 g/mol. The van der Waals surface area contributed by atoms with Gasteiger partial charge in [-0.1, -0.05) is 35.9 Å². The fourth-order valence-corrected chi connectivity index (χ4v) is 4.05. The molecule has 7 heteroatoms. The number of hydrogen-bond donors (Lipinski definition) is 1. The van der Waals surface area contributed by atoms with E-state index in [1.807, 2.05) is 33.8 Å². The maximum absolute atomic E-state index is 12.7. The van der Waals surface area contributed by atoms with Gasteiger partial charge in [-0.2, -0.15) is 0 Å². The quantitative estimate of drug-likeness (QED) is 0.177. The van der Waals surface area contributed by atoms with Crippen molar-refractivity contribution in [1.82, 2.24) is 0 Å². The van der Waals surface area contributed by atoms with Gasteiger partial charge >= 0.3 is 0 Å². The van der Waals surface area contributed by atoms with Gasteiger partial charge in [-0.05, 0) is 51.0 Å². The Kier molecular flexibility index (Phi) is 6.68. The summed E-state index contributed by atoms with van der Waals surface area (Å²) in [5.41, 5.74) is 6.48. The Morgan fingerprint density at radius 3 is 2.57 bits per heavy atom. The first kappa shape index (κ1) is 23.8. The molecule has 1 heterocycles. The van der Waals surface area contributed by atoms with Crippen LogP contribution in [0.25, 0.3) is 27.7 Å². The monoisotopic (exact) mass is 470 g/mol. The summed E-state index contributed by atoms with van der Waals surface area (Å²) in [6.07, 6.45) is 3.21. The molecular weight excluding hydrogens is 444 g/mol. The van der Waals surface area contributed by atoms with Crippen LogP contribution < -0.4 is 10.1 Å². The van der Waals surface area contributed by atoms with Gasteiger partial charge in [-0.25, -0.2) is 0 Å². The van der Waals surface area contributed by atoms with Crippen molar-refractivity contribution in [3.63, 3.8) is 0 Å². The van der Waals surface area contributed by atoms with Gasteiger partial charge in [0.1, 0.15) is 11.3 Å². The van der Waals surface area contributed by atoms with Crippen LogP contribution in [-0.2, 0) is 4.79 Å². The van der Waals surface area contributed by atoms with E-state index in [9.17, 15) is 14.9 Å². The number of fused-ring (bicyclic) bond motifs is 1. The third kappa shape index (κ3) is 4.94. The molecule has 4 aromatic rings.